The van der Waals surface area contributed by atoms with E-state index in [1.165, 1.54) is 24.3 Å². The SMILES string of the molecule is O=C(Nc1cccc(Cl)c1)c1ccc(OC(F)F)cc1. The molecule has 6 heteroatoms. The predicted molar refractivity (Wildman–Crippen MR) is 72.5 cm³/mol. The molecule has 0 atom stereocenters. The van der Waals surface area contributed by atoms with Gasteiger partial charge in [-0.2, -0.15) is 8.78 Å². The van der Waals surface area contributed by atoms with Crippen molar-refractivity contribution in [3.63, 3.8) is 0 Å². The highest BCUT2D eigenvalue weighted by Crippen LogP contribution is 2.18. The van der Waals surface area contributed by atoms with E-state index in [2.05, 4.69) is 10.1 Å². The van der Waals surface area contributed by atoms with Crippen LogP contribution in [0.25, 0.3) is 0 Å². The predicted octanol–water partition coefficient (Wildman–Crippen LogP) is 4.19. The third-order valence-corrected chi connectivity index (χ3v) is 2.66. The quantitative estimate of drug-likeness (QED) is 0.919. The second-order valence-electron chi connectivity index (χ2n) is 3.87. The van der Waals surface area contributed by atoms with Crippen LogP contribution in [-0.4, -0.2) is 12.5 Å². The van der Waals surface area contributed by atoms with Crippen LogP contribution in [-0.2, 0) is 0 Å². The van der Waals surface area contributed by atoms with Crippen molar-refractivity contribution in [2.75, 3.05) is 5.32 Å². The van der Waals surface area contributed by atoms with Crippen LogP contribution in [0.1, 0.15) is 10.4 Å². The highest BCUT2D eigenvalue weighted by atomic mass is 35.5. The van der Waals surface area contributed by atoms with Gasteiger partial charge in [-0.05, 0) is 42.5 Å². The summed E-state index contributed by atoms with van der Waals surface area (Å²) in [5.41, 5.74) is 0.877. The summed E-state index contributed by atoms with van der Waals surface area (Å²) in [5.74, 6) is -0.366. The minimum absolute atomic E-state index is 0.000643. The smallest absolute Gasteiger partial charge is 0.387 e. The molecule has 0 unspecified atom stereocenters. The number of benzene rings is 2. The number of alkyl halides is 2. The molecular formula is C14H10ClF2NO2. The lowest BCUT2D eigenvalue weighted by molar-refractivity contribution is -0.0498. The second-order valence-corrected chi connectivity index (χ2v) is 4.30. The molecule has 3 nitrogen and oxygen atoms in total. The summed E-state index contributed by atoms with van der Waals surface area (Å²) in [5, 5.41) is 3.15. The van der Waals surface area contributed by atoms with E-state index in [9.17, 15) is 13.6 Å². The van der Waals surface area contributed by atoms with E-state index < -0.39 is 6.61 Å². The maximum Gasteiger partial charge on any atom is 0.387 e. The molecule has 2 aromatic carbocycles. The molecule has 0 spiro atoms. The van der Waals surface area contributed by atoms with E-state index in [0.29, 0.717) is 16.3 Å². The van der Waals surface area contributed by atoms with Crippen LogP contribution in [0.4, 0.5) is 14.5 Å². The van der Waals surface area contributed by atoms with Gasteiger partial charge in [-0.3, -0.25) is 4.79 Å². The van der Waals surface area contributed by atoms with Crippen LogP contribution >= 0.6 is 11.6 Å². The highest BCUT2D eigenvalue weighted by Gasteiger charge is 2.08. The molecule has 1 N–H and O–H groups in total. The Kier molecular flexibility index (Phi) is 4.53. The minimum atomic E-state index is -2.89. The van der Waals surface area contributed by atoms with E-state index in [0.717, 1.165) is 0 Å². The van der Waals surface area contributed by atoms with Crippen LogP contribution in [0.2, 0.25) is 5.02 Å². The molecule has 0 aliphatic heterocycles. The lowest BCUT2D eigenvalue weighted by Gasteiger charge is -2.07. The number of nitrogens with one attached hydrogen (secondary N) is 1. The molecule has 2 aromatic rings. The van der Waals surface area contributed by atoms with Crippen molar-refractivity contribution in [1.82, 2.24) is 0 Å². The summed E-state index contributed by atoms with van der Waals surface area (Å²) in [6.07, 6.45) is 0. The molecule has 0 fully saturated rings. The average Bonchev–Trinajstić information content (AvgIpc) is 2.38. The van der Waals surface area contributed by atoms with Crippen molar-refractivity contribution >= 4 is 23.2 Å². The van der Waals surface area contributed by atoms with Gasteiger partial charge in [0, 0.05) is 16.3 Å². The minimum Gasteiger partial charge on any atom is -0.435 e. The molecule has 104 valence electrons. The Bertz CT molecular complexity index is 602. The van der Waals surface area contributed by atoms with Crippen LogP contribution in [0.3, 0.4) is 0 Å². The first-order valence-electron chi connectivity index (χ1n) is 5.66. The molecule has 0 saturated carbocycles. The van der Waals surface area contributed by atoms with Gasteiger partial charge in [-0.1, -0.05) is 17.7 Å². The van der Waals surface area contributed by atoms with Crippen molar-refractivity contribution in [1.29, 1.82) is 0 Å². The van der Waals surface area contributed by atoms with Crippen LogP contribution < -0.4 is 10.1 Å². The first-order valence-corrected chi connectivity index (χ1v) is 6.04. The van der Waals surface area contributed by atoms with E-state index in [1.54, 1.807) is 24.3 Å². The van der Waals surface area contributed by atoms with Crippen molar-refractivity contribution in [2.24, 2.45) is 0 Å². The number of ether oxygens (including phenoxy) is 1. The highest BCUT2D eigenvalue weighted by molar-refractivity contribution is 6.30. The fourth-order valence-corrected chi connectivity index (χ4v) is 1.75. The molecule has 0 aromatic heterocycles. The van der Waals surface area contributed by atoms with Gasteiger partial charge in [0.05, 0.1) is 0 Å². The normalized spacial score (nSPS) is 10.4. The van der Waals surface area contributed by atoms with Gasteiger partial charge in [0.15, 0.2) is 0 Å². The molecular weight excluding hydrogens is 288 g/mol. The van der Waals surface area contributed by atoms with Gasteiger partial charge in [-0.25, -0.2) is 0 Å². The van der Waals surface area contributed by atoms with Gasteiger partial charge in [0.25, 0.3) is 5.91 Å². The number of amides is 1. The van der Waals surface area contributed by atoms with Crippen LogP contribution in [0.5, 0.6) is 5.75 Å². The lowest BCUT2D eigenvalue weighted by atomic mass is 10.2. The Morgan fingerprint density at radius 3 is 2.45 bits per heavy atom. The molecule has 0 aliphatic rings. The number of carbonyl (C=O) groups is 1. The Hall–Kier alpha value is -2.14. The van der Waals surface area contributed by atoms with Crippen molar-refractivity contribution in [3.05, 3.63) is 59.1 Å². The number of hydrogen-bond donors (Lipinski definition) is 1. The second kappa shape index (κ2) is 6.34. The number of rotatable bonds is 4. The fraction of sp³-hybridized carbons (Fsp3) is 0.0714. The summed E-state index contributed by atoms with van der Waals surface area (Å²) in [4.78, 5) is 11.9. The number of carbonyl (C=O) groups excluding carboxylic acids is 1. The third-order valence-electron chi connectivity index (χ3n) is 2.42. The van der Waals surface area contributed by atoms with Gasteiger partial charge < -0.3 is 10.1 Å². The maximum atomic E-state index is 12.0. The van der Waals surface area contributed by atoms with Gasteiger partial charge in [0.1, 0.15) is 5.75 Å². The summed E-state index contributed by atoms with van der Waals surface area (Å²) >= 11 is 5.80. The molecule has 1 amide bonds. The molecule has 20 heavy (non-hydrogen) atoms. The lowest BCUT2D eigenvalue weighted by Crippen LogP contribution is -2.11. The third kappa shape index (κ3) is 3.93. The maximum absolute atomic E-state index is 12.0. The van der Waals surface area contributed by atoms with E-state index in [-0.39, 0.29) is 11.7 Å². The first kappa shape index (κ1) is 14.3. The first-order chi connectivity index (χ1) is 9.54. The molecule has 0 aliphatic carbocycles. The zero-order valence-corrected chi connectivity index (χ0v) is 10.9. The molecule has 0 saturated heterocycles. The van der Waals surface area contributed by atoms with E-state index >= 15 is 0 Å². The van der Waals surface area contributed by atoms with E-state index in [4.69, 9.17) is 11.6 Å². The molecule has 2 rings (SSSR count). The summed E-state index contributed by atoms with van der Waals surface area (Å²) in [6, 6.07) is 12.1. The fourth-order valence-electron chi connectivity index (χ4n) is 1.56. The van der Waals surface area contributed by atoms with Gasteiger partial charge in [0.2, 0.25) is 0 Å². The Balaban J connectivity index is 2.06. The summed E-state index contributed by atoms with van der Waals surface area (Å²) in [6.45, 7) is -2.89. The Morgan fingerprint density at radius 1 is 1.15 bits per heavy atom. The van der Waals surface area contributed by atoms with Crippen LogP contribution in [0, 0.1) is 0 Å². The number of anilines is 1. The molecule has 0 bridgehead atoms. The van der Waals surface area contributed by atoms with Crippen molar-refractivity contribution < 1.29 is 18.3 Å². The van der Waals surface area contributed by atoms with Crippen molar-refractivity contribution in [2.45, 2.75) is 6.61 Å². The average molecular weight is 298 g/mol. The monoisotopic (exact) mass is 297 g/mol. The zero-order valence-electron chi connectivity index (χ0n) is 10.1. The van der Waals surface area contributed by atoms with Crippen molar-refractivity contribution in [3.8, 4) is 5.75 Å². The Labute approximate surface area is 119 Å². The van der Waals surface area contributed by atoms with E-state index in [1.807, 2.05) is 0 Å². The number of hydrogen-bond acceptors (Lipinski definition) is 2. The topological polar surface area (TPSA) is 38.3 Å². The summed E-state index contributed by atoms with van der Waals surface area (Å²) < 4.78 is 28.2. The molecule has 0 radical (unpaired) electrons. The number of halogens is 3. The molecule has 0 heterocycles. The largest absolute Gasteiger partial charge is 0.435 e. The standard InChI is InChI=1S/C14H10ClF2NO2/c15-10-2-1-3-11(8-10)18-13(19)9-4-6-12(7-5-9)20-14(16)17/h1-8,14H,(H,18,19). The summed E-state index contributed by atoms with van der Waals surface area (Å²) in [7, 11) is 0. The Morgan fingerprint density at radius 2 is 1.85 bits per heavy atom. The zero-order chi connectivity index (χ0) is 14.5. The van der Waals surface area contributed by atoms with Crippen LogP contribution in [0.15, 0.2) is 48.5 Å². The van der Waals surface area contributed by atoms with Gasteiger partial charge in [-0.15, -0.1) is 0 Å². The van der Waals surface area contributed by atoms with Gasteiger partial charge >= 0.3 is 6.61 Å².